The van der Waals surface area contributed by atoms with Crippen LogP contribution in [0.2, 0.25) is 0 Å². The van der Waals surface area contributed by atoms with Gasteiger partial charge in [0, 0.05) is 27.7 Å². The Hall–Kier alpha value is -3.36. The summed E-state index contributed by atoms with van der Waals surface area (Å²) in [4.78, 5) is 50.8. The van der Waals surface area contributed by atoms with Crippen molar-refractivity contribution in [1.29, 1.82) is 0 Å². The van der Waals surface area contributed by atoms with Gasteiger partial charge in [-0.05, 0) is 6.92 Å². The van der Waals surface area contributed by atoms with Crippen LogP contribution >= 0.6 is 0 Å². The predicted molar refractivity (Wildman–Crippen MR) is 277 cm³/mol. The molecule has 35 atom stereocenters. The van der Waals surface area contributed by atoms with Crippen molar-refractivity contribution in [3.05, 3.63) is 0 Å². The van der Waals surface area contributed by atoms with Crippen LogP contribution in [0.1, 0.15) is 34.6 Å². The third kappa shape index (κ3) is 16.2. The molecule has 7 rings (SSSR count). The van der Waals surface area contributed by atoms with Crippen LogP contribution in [-0.4, -0.2) is 370 Å². The highest BCUT2D eigenvalue weighted by Crippen LogP contribution is 2.39. The van der Waals surface area contributed by atoms with Gasteiger partial charge in [0.15, 0.2) is 44.0 Å². The van der Waals surface area contributed by atoms with E-state index < -0.39 is 278 Å². The highest BCUT2D eigenvalue weighted by atomic mass is 16.8. The van der Waals surface area contributed by atoms with E-state index in [9.17, 15) is 111 Å². The molecule has 7 heterocycles. The van der Waals surface area contributed by atoms with Gasteiger partial charge in [-0.2, -0.15) is 0 Å². The fourth-order valence-corrected chi connectivity index (χ4v) is 11.5. The monoisotopic (exact) mass is 1300 g/mol. The van der Waals surface area contributed by atoms with E-state index in [2.05, 4.69) is 21.3 Å². The topological polar surface area (TPSA) is 601 Å². The number of aliphatic hydroxyl groups excluding tert-OH is 18. The molecule has 22 N–H and O–H groups in total. The Bertz CT molecular complexity index is 2290. The van der Waals surface area contributed by atoms with E-state index in [-0.39, 0.29) is 0 Å². The normalized spacial score (nSPS) is 48.0. The third-order valence-electron chi connectivity index (χ3n) is 16.1. The standard InChI is InChI=1S/C50H84N4O35/c1-12-27(65)35(73)36(74)48(77-12)89-43-42(88-45-23(51-13(2)61)34(72)28(66)17(6-55)79-45)33(71)22(11-60)83-50(43)86-40-26(54-16(5)64)47(81-20(9-58)31(40)69)87-41-32(70)21(10-59)82-49(37(41)75)85-39-25(53-15(4)63)46(80-19(8-57)30(39)68)84-38-24(52-14(3)62)44(76)78-18(7-56)29(38)67/h12,17-50,55-60,65-76H,6-11H2,1-5H3,(H,51,61)(H,52,62)(H,53,63)(H,54,64)/t12-,17+,18+,19+,20+,21+,22+,23+,24+,25+,26+,27+,28-,29-,30+,31+,32-,33-,34+,35+,36-,37+,38+,39+,40+,41-,42-,43+,44-,45+,46-,47-,48-,49-,50-/m0/s1. The van der Waals surface area contributed by atoms with Crippen LogP contribution in [0.3, 0.4) is 0 Å². The molecular formula is C50H84N4O35. The Morgan fingerprint density at radius 1 is 0.292 bits per heavy atom. The molecule has 0 aliphatic carbocycles. The van der Waals surface area contributed by atoms with E-state index in [1.54, 1.807) is 0 Å². The molecule has 0 bridgehead atoms. The van der Waals surface area contributed by atoms with Gasteiger partial charge >= 0.3 is 0 Å². The lowest BCUT2D eigenvalue weighted by molar-refractivity contribution is -0.400. The molecular weight excluding hydrogens is 1220 g/mol. The molecule has 0 saturated carbocycles. The zero-order valence-corrected chi connectivity index (χ0v) is 48.4. The molecule has 7 aliphatic rings. The number of carbonyl (C=O) groups is 4. The summed E-state index contributed by atoms with van der Waals surface area (Å²) >= 11 is 0. The summed E-state index contributed by atoms with van der Waals surface area (Å²) in [5.41, 5.74) is 0. The Morgan fingerprint density at radius 3 is 1.06 bits per heavy atom. The largest absolute Gasteiger partial charge is 0.394 e. The quantitative estimate of drug-likeness (QED) is 0.0479. The number of ether oxygens (including phenoxy) is 13. The van der Waals surface area contributed by atoms with Crippen LogP contribution < -0.4 is 21.3 Å². The second-order valence-electron chi connectivity index (χ2n) is 22.5. The van der Waals surface area contributed by atoms with Crippen molar-refractivity contribution in [1.82, 2.24) is 21.3 Å². The number of hydrogen-bond donors (Lipinski definition) is 22. The minimum atomic E-state index is -2.36. The zero-order valence-electron chi connectivity index (χ0n) is 48.4. The highest BCUT2D eigenvalue weighted by Gasteiger charge is 2.60. The van der Waals surface area contributed by atoms with Crippen LogP contribution in [0.25, 0.3) is 0 Å². The summed E-state index contributed by atoms with van der Waals surface area (Å²) in [6.45, 7) is -0.968. The number of carbonyl (C=O) groups excluding carboxylic acids is 4. The lowest BCUT2D eigenvalue weighted by Crippen LogP contribution is -2.72. The molecule has 7 fully saturated rings. The fraction of sp³-hybridized carbons (Fsp3) is 0.920. The number of hydrogen-bond acceptors (Lipinski definition) is 35. The molecule has 0 unspecified atom stereocenters. The third-order valence-corrected chi connectivity index (χ3v) is 16.1. The molecule has 39 nitrogen and oxygen atoms in total. The average Bonchev–Trinajstić information content (AvgIpc) is 1.03. The van der Waals surface area contributed by atoms with Crippen LogP contribution in [0.15, 0.2) is 0 Å². The molecule has 0 aromatic rings. The van der Waals surface area contributed by atoms with Gasteiger partial charge in [-0.1, -0.05) is 0 Å². The fourth-order valence-electron chi connectivity index (χ4n) is 11.5. The van der Waals surface area contributed by atoms with Gasteiger partial charge in [-0.3, -0.25) is 19.2 Å². The number of aliphatic hydroxyl groups is 18. The van der Waals surface area contributed by atoms with Crippen molar-refractivity contribution in [3.8, 4) is 0 Å². The van der Waals surface area contributed by atoms with E-state index in [1.165, 1.54) is 6.92 Å². The molecule has 7 saturated heterocycles. The van der Waals surface area contributed by atoms with Crippen molar-refractivity contribution in [3.63, 3.8) is 0 Å². The van der Waals surface area contributed by atoms with Gasteiger partial charge in [0.25, 0.3) is 0 Å². The van der Waals surface area contributed by atoms with Gasteiger partial charge < -0.3 is 175 Å². The van der Waals surface area contributed by atoms with Crippen molar-refractivity contribution in [2.45, 2.75) is 249 Å². The predicted octanol–water partition coefficient (Wildman–Crippen LogP) is -14.7. The number of amides is 4. The van der Waals surface area contributed by atoms with E-state index in [1.807, 2.05) is 0 Å². The molecule has 0 aromatic heterocycles. The van der Waals surface area contributed by atoms with Gasteiger partial charge in [-0.25, -0.2) is 0 Å². The van der Waals surface area contributed by atoms with Crippen LogP contribution in [-0.2, 0) is 80.8 Å². The summed E-state index contributed by atoms with van der Waals surface area (Å²) in [6, 6.07) is -7.08. The maximum absolute atomic E-state index is 13.2. The van der Waals surface area contributed by atoms with Crippen LogP contribution in [0.4, 0.5) is 0 Å². The minimum Gasteiger partial charge on any atom is -0.394 e. The summed E-state index contributed by atoms with van der Waals surface area (Å²) < 4.78 is 77.3. The maximum atomic E-state index is 13.2. The molecule has 7 aliphatic heterocycles. The van der Waals surface area contributed by atoms with Gasteiger partial charge in [0.1, 0.15) is 165 Å². The second-order valence-corrected chi connectivity index (χ2v) is 22.5. The van der Waals surface area contributed by atoms with Crippen molar-refractivity contribution in [2.24, 2.45) is 0 Å². The summed E-state index contributed by atoms with van der Waals surface area (Å²) in [5, 5.41) is 208. The minimum absolute atomic E-state index is 0.767. The number of rotatable bonds is 22. The van der Waals surface area contributed by atoms with E-state index in [4.69, 9.17) is 61.6 Å². The smallest absolute Gasteiger partial charge is 0.217 e. The van der Waals surface area contributed by atoms with Crippen molar-refractivity contribution < 1.29 is 173 Å². The second kappa shape index (κ2) is 31.7. The molecule has 0 spiro atoms. The number of nitrogens with one attached hydrogen (secondary N) is 4. The summed E-state index contributed by atoms with van der Waals surface area (Å²) in [6.07, 6.45) is -60.9. The van der Waals surface area contributed by atoms with Crippen LogP contribution in [0.5, 0.6) is 0 Å². The molecule has 4 amide bonds. The first kappa shape index (κ1) is 73.1. The van der Waals surface area contributed by atoms with E-state index in [0.717, 1.165) is 27.7 Å². The Labute approximate surface area is 505 Å². The van der Waals surface area contributed by atoms with E-state index in [0.29, 0.717) is 0 Å². The van der Waals surface area contributed by atoms with Gasteiger partial charge in [-0.15, -0.1) is 0 Å². The van der Waals surface area contributed by atoms with Gasteiger partial charge in [0.05, 0.1) is 45.7 Å². The van der Waals surface area contributed by atoms with Crippen LogP contribution in [0, 0.1) is 0 Å². The first-order valence-electron chi connectivity index (χ1n) is 28.5. The first-order chi connectivity index (χ1) is 42.0. The Morgan fingerprint density at radius 2 is 0.596 bits per heavy atom. The van der Waals surface area contributed by atoms with E-state index >= 15 is 0 Å². The summed E-state index contributed by atoms with van der Waals surface area (Å²) in [7, 11) is 0. The zero-order chi connectivity index (χ0) is 65.8. The average molecular weight is 1300 g/mol. The summed E-state index contributed by atoms with van der Waals surface area (Å²) in [5.74, 6) is -3.42. The van der Waals surface area contributed by atoms with Crippen molar-refractivity contribution >= 4 is 23.6 Å². The Kier molecular flexibility index (Phi) is 26.0. The molecule has 89 heavy (non-hydrogen) atoms. The first-order valence-corrected chi connectivity index (χ1v) is 28.5. The highest BCUT2D eigenvalue weighted by molar-refractivity contribution is 5.74. The molecule has 514 valence electrons. The molecule has 0 aromatic carbocycles. The SMILES string of the molecule is CC(=O)N[C@@H]1[C@@H](O[C@@H]2O[C@H](CO)[C@@H](O)[C@H](O[C@@H]3O[C@H](CO)[C@H](O)[C@H](O[C@@H]4O[C@H](CO)[C@@H](O)[C@H](O[C@@H]5O[C@H](CO)[C@H](O)[C@H](O[C@H]6O[C@H](CO)[C@H](O)[C@H](O)[C@H]6NC(C)=O)[C@H]5O[C@@H]5O[C@@H](C)[C@@H](O)[C@@H](O)[C@@H]5O)[C@H]4NC(C)=O)[C@H]3O)[C@H]2NC(C)=O)[C@@H](O)[C@@H](CO)O[C@@H]1O. The Balaban J connectivity index is 1.23. The lowest BCUT2D eigenvalue weighted by Gasteiger charge is -2.52. The van der Waals surface area contributed by atoms with Crippen molar-refractivity contribution in [2.75, 3.05) is 39.6 Å². The molecule has 0 radical (unpaired) electrons. The lowest BCUT2D eigenvalue weighted by atomic mass is 9.93. The molecule has 39 heteroatoms. The maximum Gasteiger partial charge on any atom is 0.217 e. The van der Waals surface area contributed by atoms with Gasteiger partial charge in [0.2, 0.25) is 23.6 Å².